The van der Waals surface area contributed by atoms with Gasteiger partial charge in [-0.15, -0.1) is 0 Å². The Balaban J connectivity index is 4.79. The highest BCUT2D eigenvalue weighted by molar-refractivity contribution is 4.98. The van der Waals surface area contributed by atoms with Crippen LogP contribution in [0.2, 0.25) is 0 Å². The van der Waals surface area contributed by atoms with E-state index in [1.807, 2.05) is 0 Å². The van der Waals surface area contributed by atoms with E-state index in [0.29, 0.717) is 0 Å². The summed E-state index contributed by atoms with van der Waals surface area (Å²) in [4.78, 5) is 0. The summed E-state index contributed by atoms with van der Waals surface area (Å²) in [5.74, 6) is 0. The lowest BCUT2D eigenvalue weighted by molar-refractivity contribution is -0.0299. The number of hydrogen-bond acceptors (Lipinski definition) is 10. The highest BCUT2D eigenvalue weighted by Gasteiger charge is 2.38. The van der Waals surface area contributed by atoms with Crippen LogP contribution in [0.1, 0.15) is 6.92 Å². The summed E-state index contributed by atoms with van der Waals surface area (Å²) in [5, 5.41) is 48.2. The average Bonchev–Trinajstić information content (AvgIpc) is 2.48. The van der Waals surface area contributed by atoms with Crippen LogP contribution >= 0.6 is 0 Å². The van der Waals surface area contributed by atoms with Crippen molar-refractivity contribution in [1.82, 2.24) is 0 Å². The van der Waals surface area contributed by atoms with Gasteiger partial charge in [0.15, 0.2) is 0 Å². The van der Waals surface area contributed by atoms with Gasteiger partial charge in [-0.25, -0.2) is 0 Å². The molecule has 0 aliphatic heterocycles. The van der Waals surface area contributed by atoms with Gasteiger partial charge in [0.05, 0.1) is 55.2 Å². The molecule has 0 fully saturated rings. The lowest BCUT2D eigenvalue weighted by Gasteiger charge is -2.35. The largest absolute Gasteiger partial charge is 0.395 e. The maximum atomic E-state index is 9.97. The molecular formula is C11H29N5O5. The molecule has 9 atom stereocenters. The number of hydrogen-bond donors (Lipinski definition) is 10. The summed E-state index contributed by atoms with van der Waals surface area (Å²) in [7, 11) is 0. The molecule has 0 unspecified atom stereocenters. The molecule has 15 N–H and O–H groups in total. The average molecular weight is 311 g/mol. The number of aliphatic hydroxyl groups excluding tert-OH is 5. The van der Waals surface area contributed by atoms with Crippen LogP contribution in [0.3, 0.4) is 0 Å². The fourth-order valence-corrected chi connectivity index (χ4v) is 1.86. The second kappa shape index (κ2) is 8.90. The van der Waals surface area contributed by atoms with E-state index in [1.54, 1.807) is 0 Å². The molecule has 0 aromatic carbocycles. The SMILES string of the molecule is C[C@H](N)[C@H](O)[C@H](N)[C@H](O)[C@H](N)[C@H](O)[C@H](N)[C@H](O)[C@H](N)CO. The summed E-state index contributed by atoms with van der Waals surface area (Å²) in [6.07, 6.45) is -5.74. The fourth-order valence-electron chi connectivity index (χ4n) is 1.86. The first-order chi connectivity index (χ1) is 9.56. The van der Waals surface area contributed by atoms with E-state index in [1.165, 1.54) is 6.92 Å². The Morgan fingerprint density at radius 2 is 1.00 bits per heavy atom. The third kappa shape index (κ3) is 5.38. The predicted molar refractivity (Wildman–Crippen MR) is 76.7 cm³/mol. The molecule has 21 heavy (non-hydrogen) atoms. The number of rotatable bonds is 9. The Morgan fingerprint density at radius 1 is 0.667 bits per heavy atom. The van der Waals surface area contributed by atoms with Gasteiger partial charge in [0.25, 0.3) is 0 Å². The van der Waals surface area contributed by atoms with Gasteiger partial charge in [0.2, 0.25) is 0 Å². The van der Waals surface area contributed by atoms with Gasteiger partial charge in [0.1, 0.15) is 0 Å². The Kier molecular flexibility index (Phi) is 8.73. The van der Waals surface area contributed by atoms with Crippen LogP contribution in [-0.4, -0.2) is 86.8 Å². The van der Waals surface area contributed by atoms with Crippen molar-refractivity contribution in [3.8, 4) is 0 Å². The van der Waals surface area contributed by atoms with Gasteiger partial charge in [-0.3, -0.25) is 0 Å². The smallest absolute Gasteiger partial charge is 0.0893 e. The Bertz CT molecular complexity index is 298. The second-order valence-corrected chi connectivity index (χ2v) is 5.40. The Morgan fingerprint density at radius 3 is 1.33 bits per heavy atom. The summed E-state index contributed by atoms with van der Waals surface area (Å²) in [5.41, 5.74) is 27.7. The van der Waals surface area contributed by atoms with E-state index in [2.05, 4.69) is 0 Å². The summed E-state index contributed by atoms with van der Waals surface area (Å²) in [6.45, 7) is 0.956. The van der Waals surface area contributed by atoms with Crippen LogP contribution in [0.5, 0.6) is 0 Å². The van der Waals surface area contributed by atoms with Gasteiger partial charge < -0.3 is 54.2 Å². The van der Waals surface area contributed by atoms with E-state index in [0.717, 1.165) is 0 Å². The number of nitrogens with two attached hydrogens (primary N) is 5. The molecule has 0 amide bonds. The van der Waals surface area contributed by atoms with Crippen molar-refractivity contribution in [3.05, 3.63) is 0 Å². The predicted octanol–water partition coefficient (Wildman–Crippen LogP) is -5.92. The van der Waals surface area contributed by atoms with Crippen molar-refractivity contribution < 1.29 is 25.5 Å². The molecule has 0 aromatic heterocycles. The van der Waals surface area contributed by atoms with Crippen molar-refractivity contribution >= 4 is 0 Å². The number of aliphatic hydroxyl groups is 5. The molecule has 0 saturated carbocycles. The van der Waals surface area contributed by atoms with Crippen LogP contribution in [0, 0.1) is 0 Å². The zero-order valence-electron chi connectivity index (χ0n) is 12.0. The topological polar surface area (TPSA) is 231 Å². The molecule has 0 spiro atoms. The van der Waals surface area contributed by atoms with Crippen LogP contribution in [0.15, 0.2) is 0 Å². The van der Waals surface area contributed by atoms with E-state index < -0.39 is 61.2 Å². The third-order valence-corrected chi connectivity index (χ3v) is 3.55. The van der Waals surface area contributed by atoms with Gasteiger partial charge in [-0.1, -0.05) is 0 Å². The van der Waals surface area contributed by atoms with Crippen molar-refractivity contribution in [3.63, 3.8) is 0 Å². The van der Waals surface area contributed by atoms with Crippen molar-refractivity contribution in [2.75, 3.05) is 6.61 Å². The van der Waals surface area contributed by atoms with Crippen molar-refractivity contribution in [2.45, 2.75) is 61.5 Å². The molecule has 0 radical (unpaired) electrons. The van der Waals surface area contributed by atoms with Crippen LogP contribution in [-0.2, 0) is 0 Å². The van der Waals surface area contributed by atoms with E-state index in [-0.39, 0.29) is 0 Å². The first kappa shape index (κ1) is 20.6. The monoisotopic (exact) mass is 311 g/mol. The quantitative estimate of drug-likeness (QED) is 0.193. The lowest BCUT2D eigenvalue weighted by Crippen LogP contribution is -2.65. The zero-order chi connectivity index (χ0) is 16.9. The van der Waals surface area contributed by atoms with Crippen LogP contribution in [0.4, 0.5) is 0 Å². The minimum Gasteiger partial charge on any atom is -0.395 e. The molecular weight excluding hydrogens is 282 g/mol. The normalized spacial score (nSPS) is 25.3. The first-order valence-electron chi connectivity index (χ1n) is 6.67. The first-order valence-corrected chi connectivity index (χ1v) is 6.67. The second-order valence-electron chi connectivity index (χ2n) is 5.40. The Labute approximate surface area is 123 Å². The van der Waals surface area contributed by atoms with Gasteiger partial charge in [-0.05, 0) is 6.92 Å². The standard InChI is InChI=1S/C11H29N5O5/c1-3(12)8(18)5(14)10(20)7(16)11(21)6(15)9(19)4(13)2-17/h3-11,17-21H,2,12-16H2,1H3/t3-,4+,5-,6+,7-,8-,9+,10-,11+/m0/s1. The zero-order valence-corrected chi connectivity index (χ0v) is 12.0. The van der Waals surface area contributed by atoms with Crippen LogP contribution in [0.25, 0.3) is 0 Å². The van der Waals surface area contributed by atoms with Crippen molar-refractivity contribution in [1.29, 1.82) is 0 Å². The van der Waals surface area contributed by atoms with Gasteiger partial charge in [0, 0.05) is 6.04 Å². The molecule has 0 bridgehead atoms. The van der Waals surface area contributed by atoms with E-state index in [9.17, 15) is 20.4 Å². The highest BCUT2D eigenvalue weighted by atomic mass is 16.3. The molecule has 0 aliphatic carbocycles. The van der Waals surface area contributed by atoms with Crippen LogP contribution < -0.4 is 28.7 Å². The van der Waals surface area contributed by atoms with E-state index in [4.69, 9.17) is 33.8 Å². The molecule has 0 heterocycles. The minimum atomic E-state index is -1.56. The third-order valence-electron chi connectivity index (χ3n) is 3.55. The maximum absolute atomic E-state index is 9.97. The molecule has 0 aliphatic rings. The highest BCUT2D eigenvalue weighted by Crippen LogP contribution is 2.11. The summed E-state index contributed by atoms with van der Waals surface area (Å²) >= 11 is 0. The maximum Gasteiger partial charge on any atom is 0.0893 e. The minimum absolute atomic E-state index is 0.539. The molecule has 10 nitrogen and oxygen atoms in total. The Hall–Kier alpha value is -0.400. The molecule has 0 saturated heterocycles. The fraction of sp³-hybridized carbons (Fsp3) is 1.00. The molecule has 128 valence electrons. The lowest BCUT2D eigenvalue weighted by atomic mass is 9.88. The summed E-state index contributed by atoms with van der Waals surface area (Å²) < 4.78 is 0. The van der Waals surface area contributed by atoms with E-state index >= 15 is 0 Å². The van der Waals surface area contributed by atoms with Gasteiger partial charge >= 0.3 is 0 Å². The molecule has 10 heteroatoms. The van der Waals surface area contributed by atoms with Gasteiger partial charge in [-0.2, -0.15) is 0 Å². The summed E-state index contributed by atoms with van der Waals surface area (Å²) in [6, 6.07) is -5.63. The van der Waals surface area contributed by atoms with Crippen molar-refractivity contribution in [2.24, 2.45) is 28.7 Å². The molecule has 0 aromatic rings. The molecule has 0 rings (SSSR count).